The van der Waals surface area contributed by atoms with Gasteiger partial charge in [-0.1, -0.05) is 18.2 Å². The Labute approximate surface area is 144 Å². The Morgan fingerprint density at radius 2 is 1.92 bits per heavy atom. The van der Waals surface area contributed by atoms with Crippen LogP contribution < -0.4 is 0 Å². The highest BCUT2D eigenvalue weighted by Crippen LogP contribution is 2.28. The Morgan fingerprint density at radius 3 is 2.67 bits per heavy atom. The summed E-state index contributed by atoms with van der Waals surface area (Å²) in [6, 6.07) is 11.9. The summed E-state index contributed by atoms with van der Waals surface area (Å²) in [5.74, 6) is 0. The van der Waals surface area contributed by atoms with Crippen LogP contribution in [0, 0.1) is 0 Å². The van der Waals surface area contributed by atoms with E-state index in [1.165, 1.54) is 0 Å². The number of nitrogens with zero attached hydrogens (tertiary/aromatic N) is 4. The second-order valence-corrected chi connectivity index (χ2v) is 8.46. The van der Waals surface area contributed by atoms with Crippen LogP contribution in [0.25, 0.3) is 22.2 Å². The number of hydrogen-bond donors (Lipinski definition) is 0. The number of hydrogen-bond acceptors (Lipinski definition) is 3. The van der Waals surface area contributed by atoms with Gasteiger partial charge in [0.05, 0.1) is 22.2 Å². The fourth-order valence-corrected chi connectivity index (χ4v) is 2.90. The molecule has 1 aromatic carbocycles. The molecule has 0 bridgehead atoms. The van der Waals surface area contributed by atoms with Crippen molar-refractivity contribution in [2.75, 3.05) is 0 Å². The number of pyridine rings is 1. The fourth-order valence-electron chi connectivity index (χ4n) is 2.39. The van der Waals surface area contributed by atoms with Crippen molar-refractivity contribution < 1.29 is 4.21 Å². The molecule has 6 heteroatoms. The molecule has 3 rings (SSSR count). The van der Waals surface area contributed by atoms with Crippen molar-refractivity contribution >= 4 is 28.1 Å². The molecule has 0 aliphatic heterocycles. The molecule has 0 amide bonds. The number of para-hydroxylation sites is 1. The fraction of sp³-hybridized carbons (Fsp3) is 0.278. The Bertz CT molecular complexity index is 938. The van der Waals surface area contributed by atoms with Crippen molar-refractivity contribution in [3.8, 4) is 11.3 Å². The predicted octanol–water partition coefficient (Wildman–Crippen LogP) is 3.52. The minimum absolute atomic E-state index is 0.400. The van der Waals surface area contributed by atoms with Gasteiger partial charge in [-0.15, -0.1) is 0 Å². The highest BCUT2D eigenvalue weighted by atomic mass is 32.2. The minimum atomic E-state index is -1.32. The zero-order valence-electron chi connectivity index (χ0n) is 14.2. The molecule has 0 radical (unpaired) electrons. The van der Waals surface area contributed by atoms with E-state index in [4.69, 9.17) is 0 Å². The summed E-state index contributed by atoms with van der Waals surface area (Å²) in [4.78, 5) is 4.39. The first-order valence-electron chi connectivity index (χ1n) is 7.71. The van der Waals surface area contributed by atoms with Gasteiger partial charge in [0.1, 0.15) is 16.7 Å². The molecule has 1 atom stereocenters. The van der Waals surface area contributed by atoms with Gasteiger partial charge in [0.15, 0.2) is 0 Å². The van der Waals surface area contributed by atoms with Crippen LogP contribution in [0.1, 0.15) is 26.5 Å². The monoisotopic (exact) mass is 340 g/mol. The van der Waals surface area contributed by atoms with Crippen LogP contribution in [0.3, 0.4) is 0 Å². The van der Waals surface area contributed by atoms with Gasteiger partial charge in [0.2, 0.25) is 0 Å². The maximum absolute atomic E-state index is 12.2. The van der Waals surface area contributed by atoms with Gasteiger partial charge in [0, 0.05) is 24.2 Å². The summed E-state index contributed by atoms with van der Waals surface area (Å²) in [6.07, 6.45) is 3.29. The first kappa shape index (κ1) is 16.5. The number of aryl methyl sites for hydroxylation is 1. The van der Waals surface area contributed by atoms with E-state index < -0.39 is 15.7 Å². The lowest BCUT2D eigenvalue weighted by Gasteiger charge is -2.12. The lowest BCUT2D eigenvalue weighted by Crippen LogP contribution is -2.19. The molecule has 0 aliphatic rings. The van der Waals surface area contributed by atoms with Crippen molar-refractivity contribution in [1.82, 2.24) is 14.8 Å². The summed E-state index contributed by atoms with van der Waals surface area (Å²) >= 11 is 0. The molecule has 0 fully saturated rings. The first-order valence-corrected chi connectivity index (χ1v) is 8.82. The Balaban J connectivity index is 2.10. The normalized spacial score (nSPS) is 13.7. The maximum atomic E-state index is 12.2. The van der Waals surface area contributed by atoms with Gasteiger partial charge in [-0.3, -0.25) is 9.67 Å². The molecule has 0 saturated heterocycles. The van der Waals surface area contributed by atoms with Crippen LogP contribution in [0.15, 0.2) is 47.0 Å². The standard InChI is InChI=1S/C18H20N4OS/c1-18(2,3)24(23)20-12-15-13(9-7-11-19-15)17-14-8-5-6-10-16(14)22(4)21-17/h5-12H,1-4H3/t24-/m0/s1. The van der Waals surface area contributed by atoms with Crippen LogP contribution in [-0.4, -0.2) is 29.9 Å². The summed E-state index contributed by atoms with van der Waals surface area (Å²) in [5, 5.41) is 5.69. The summed E-state index contributed by atoms with van der Waals surface area (Å²) < 4.78 is 17.8. The van der Waals surface area contributed by atoms with E-state index in [1.807, 2.05) is 68.9 Å². The van der Waals surface area contributed by atoms with E-state index >= 15 is 0 Å². The zero-order valence-corrected chi connectivity index (χ0v) is 15.0. The van der Waals surface area contributed by atoms with Gasteiger partial charge < -0.3 is 0 Å². The third kappa shape index (κ3) is 3.14. The van der Waals surface area contributed by atoms with Crippen molar-refractivity contribution in [3.05, 3.63) is 48.3 Å². The molecule has 0 spiro atoms. The molecular formula is C18H20N4OS. The molecule has 0 saturated carbocycles. The molecule has 2 heterocycles. The average molecular weight is 340 g/mol. The molecule has 0 N–H and O–H groups in total. The highest BCUT2D eigenvalue weighted by Gasteiger charge is 2.19. The van der Waals surface area contributed by atoms with Gasteiger partial charge in [-0.05, 0) is 39.0 Å². The Kier molecular flexibility index (Phi) is 4.32. The first-order chi connectivity index (χ1) is 11.4. The van der Waals surface area contributed by atoms with Gasteiger partial charge in [-0.2, -0.15) is 9.50 Å². The van der Waals surface area contributed by atoms with Crippen molar-refractivity contribution in [2.24, 2.45) is 11.4 Å². The molecule has 24 heavy (non-hydrogen) atoms. The Hall–Kier alpha value is -2.34. The van der Waals surface area contributed by atoms with Gasteiger partial charge in [0.25, 0.3) is 0 Å². The van der Waals surface area contributed by atoms with Crippen LogP contribution >= 0.6 is 0 Å². The predicted molar refractivity (Wildman–Crippen MR) is 99.4 cm³/mol. The van der Waals surface area contributed by atoms with Crippen LogP contribution in [0.2, 0.25) is 0 Å². The molecule has 124 valence electrons. The third-order valence-corrected chi connectivity index (χ3v) is 4.99. The average Bonchev–Trinajstić information content (AvgIpc) is 2.89. The highest BCUT2D eigenvalue weighted by molar-refractivity contribution is 7.85. The molecule has 2 aromatic heterocycles. The quantitative estimate of drug-likeness (QED) is 0.686. The zero-order chi connectivity index (χ0) is 17.3. The Morgan fingerprint density at radius 1 is 1.17 bits per heavy atom. The van der Waals surface area contributed by atoms with Crippen molar-refractivity contribution in [1.29, 1.82) is 0 Å². The van der Waals surface area contributed by atoms with E-state index in [-0.39, 0.29) is 0 Å². The van der Waals surface area contributed by atoms with E-state index in [9.17, 15) is 4.21 Å². The third-order valence-electron chi connectivity index (χ3n) is 3.65. The SMILES string of the molecule is Cn1nc(-c2cccnc2C=N[S@@](=O)C(C)(C)C)c2ccccc21. The molecule has 0 aliphatic carbocycles. The summed E-state index contributed by atoms with van der Waals surface area (Å²) in [6.45, 7) is 5.68. The lowest BCUT2D eigenvalue weighted by atomic mass is 10.1. The maximum Gasteiger partial charge on any atom is 0.144 e. The molecule has 3 aromatic rings. The van der Waals surface area contributed by atoms with Crippen LogP contribution in [0.5, 0.6) is 0 Å². The van der Waals surface area contributed by atoms with E-state index in [2.05, 4.69) is 14.5 Å². The van der Waals surface area contributed by atoms with E-state index in [0.717, 1.165) is 22.2 Å². The topological polar surface area (TPSA) is 60.1 Å². The minimum Gasteiger partial charge on any atom is -0.267 e. The number of benzene rings is 1. The summed E-state index contributed by atoms with van der Waals surface area (Å²) in [7, 11) is 0.601. The molecule has 5 nitrogen and oxygen atoms in total. The van der Waals surface area contributed by atoms with Gasteiger partial charge >= 0.3 is 0 Å². The second kappa shape index (κ2) is 6.28. The van der Waals surface area contributed by atoms with Crippen molar-refractivity contribution in [3.63, 3.8) is 0 Å². The van der Waals surface area contributed by atoms with E-state index in [1.54, 1.807) is 12.4 Å². The number of aromatic nitrogens is 3. The smallest absolute Gasteiger partial charge is 0.144 e. The number of fused-ring (bicyclic) bond motifs is 1. The van der Waals surface area contributed by atoms with Gasteiger partial charge in [-0.25, -0.2) is 4.21 Å². The molecular weight excluding hydrogens is 320 g/mol. The van der Waals surface area contributed by atoms with Crippen LogP contribution in [0.4, 0.5) is 0 Å². The second-order valence-electron chi connectivity index (χ2n) is 6.52. The lowest BCUT2D eigenvalue weighted by molar-refractivity contribution is 0.651. The van der Waals surface area contributed by atoms with Crippen molar-refractivity contribution in [2.45, 2.75) is 25.5 Å². The largest absolute Gasteiger partial charge is 0.267 e. The van der Waals surface area contributed by atoms with Crippen LogP contribution in [-0.2, 0) is 18.0 Å². The summed E-state index contributed by atoms with van der Waals surface area (Å²) in [5.41, 5.74) is 3.45. The number of rotatable bonds is 3. The molecule has 0 unspecified atom stereocenters. The van der Waals surface area contributed by atoms with E-state index in [0.29, 0.717) is 5.69 Å².